The van der Waals surface area contributed by atoms with Crippen LogP contribution in [0.15, 0.2) is 42.6 Å². The van der Waals surface area contributed by atoms with Gasteiger partial charge in [0, 0.05) is 19.7 Å². The summed E-state index contributed by atoms with van der Waals surface area (Å²) in [6.45, 7) is 1.97. The Morgan fingerprint density at radius 2 is 1.91 bits per heavy atom. The minimum absolute atomic E-state index is 0.0907. The summed E-state index contributed by atoms with van der Waals surface area (Å²) in [5.74, 6) is -1.21. The predicted octanol–water partition coefficient (Wildman–Crippen LogP) is 2.98. The van der Waals surface area contributed by atoms with E-state index in [1.165, 1.54) is 11.0 Å². The molecule has 8 nitrogen and oxygen atoms in total. The number of H-pyrrole nitrogens is 1. The molecule has 1 saturated heterocycles. The fourth-order valence-electron chi connectivity index (χ4n) is 4.56. The summed E-state index contributed by atoms with van der Waals surface area (Å²) >= 11 is 0. The minimum atomic E-state index is -1.19. The highest BCUT2D eigenvalue weighted by atomic mass is 19.1. The molecule has 1 fully saturated rings. The SMILES string of the molecule is Cc1ccc(CC2(C=O)N(C)C(=O)C(Cc3c[nH]c4ccc(F)c([N+](=O)[O-])c34)N2C)cc1. The van der Waals surface area contributed by atoms with Gasteiger partial charge in [-0.05, 0) is 43.7 Å². The molecule has 1 aromatic heterocycles. The molecule has 2 aromatic carbocycles. The lowest BCUT2D eigenvalue weighted by atomic mass is 9.97. The summed E-state index contributed by atoms with van der Waals surface area (Å²) in [4.78, 5) is 42.3. The Morgan fingerprint density at radius 1 is 1.22 bits per heavy atom. The van der Waals surface area contributed by atoms with Crippen LogP contribution in [0.1, 0.15) is 16.7 Å². The number of nitro benzene ring substituents is 1. The topological polar surface area (TPSA) is 99.5 Å². The van der Waals surface area contributed by atoms with Crippen molar-refractivity contribution in [3.8, 4) is 0 Å². The van der Waals surface area contributed by atoms with E-state index in [1.54, 1.807) is 25.2 Å². The number of fused-ring (bicyclic) bond motifs is 1. The van der Waals surface area contributed by atoms with Crippen LogP contribution in [0.2, 0.25) is 0 Å². The average Bonchev–Trinajstić information content (AvgIpc) is 3.24. The molecular formula is C23H23FN4O4. The number of nitrogens with one attached hydrogen (secondary N) is 1. The maximum Gasteiger partial charge on any atom is 0.314 e. The molecule has 32 heavy (non-hydrogen) atoms. The second-order valence-electron chi connectivity index (χ2n) is 8.28. The molecule has 1 N–H and O–H groups in total. The Balaban J connectivity index is 1.72. The van der Waals surface area contributed by atoms with E-state index in [2.05, 4.69) is 4.98 Å². The monoisotopic (exact) mass is 438 g/mol. The number of carbonyl (C=O) groups is 2. The second kappa shape index (κ2) is 7.83. The molecule has 1 amide bonds. The minimum Gasteiger partial charge on any atom is -0.361 e. The lowest BCUT2D eigenvalue weighted by Crippen LogP contribution is -2.55. The molecule has 2 heterocycles. The summed E-state index contributed by atoms with van der Waals surface area (Å²) < 4.78 is 14.2. The zero-order chi connectivity index (χ0) is 23.2. The normalized spacial score (nSPS) is 21.4. The first kappa shape index (κ1) is 21.6. The summed E-state index contributed by atoms with van der Waals surface area (Å²) in [5.41, 5.74) is 1.03. The number of aromatic nitrogens is 1. The van der Waals surface area contributed by atoms with E-state index in [9.17, 15) is 24.1 Å². The first-order valence-corrected chi connectivity index (χ1v) is 10.1. The number of aryl methyl sites for hydroxylation is 1. The lowest BCUT2D eigenvalue weighted by molar-refractivity contribution is -0.385. The largest absolute Gasteiger partial charge is 0.361 e. The van der Waals surface area contributed by atoms with Crippen molar-refractivity contribution in [2.45, 2.75) is 31.5 Å². The van der Waals surface area contributed by atoms with Gasteiger partial charge in [-0.2, -0.15) is 4.39 Å². The van der Waals surface area contributed by atoms with Crippen LogP contribution in [0.5, 0.6) is 0 Å². The van der Waals surface area contributed by atoms with Crippen molar-refractivity contribution in [3.05, 3.63) is 75.2 Å². The second-order valence-corrected chi connectivity index (χ2v) is 8.28. The van der Waals surface area contributed by atoms with E-state index in [-0.39, 0.29) is 17.7 Å². The number of likely N-dealkylation sites (N-methyl/N-ethyl adjacent to an activating group) is 2. The molecule has 0 radical (unpaired) electrons. The highest BCUT2D eigenvalue weighted by Gasteiger charge is 2.53. The van der Waals surface area contributed by atoms with E-state index in [1.807, 2.05) is 31.2 Å². The summed E-state index contributed by atoms with van der Waals surface area (Å²) in [6.07, 6.45) is 2.71. The summed E-state index contributed by atoms with van der Waals surface area (Å²) in [6, 6.07) is 9.47. The number of hydrogen-bond donors (Lipinski definition) is 1. The number of benzene rings is 2. The van der Waals surface area contributed by atoms with Gasteiger partial charge in [0.05, 0.1) is 21.9 Å². The molecule has 166 valence electrons. The van der Waals surface area contributed by atoms with Crippen molar-refractivity contribution in [1.29, 1.82) is 0 Å². The van der Waals surface area contributed by atoms with Crippen molar-refractivity contribution in [1.82, 2.24) is 14.8 Å². The van der Waals surface area contributed by atoms with Gasteiger partial charge in [-0.3, -0.25) is 24.6 Å². The summed E-state index contributed by atoms with van der Waals surface area (Å²) in [5, 5.41) is 11.6. The first-order chi connectivity index (χ1) is 15.2. The zero-order valence-corrected chi connectivity index (χ0v) is 18.0. The van der Waals surface area contributed by atoms with Gasteiger partial charge in [-0.15, -0.1) is 0 Å². The Morgan fingerprint density at radius 3 is 2.53 bits per heavy atom. The van der Waals surface area contributed by atoms with E-state index in [4.69, 9.17) is 0 Å². The number of nitrogens with zero attached hydrogens (tertiary/aromatic N) is 3. The van der Waals surface area contributed by atoms with Gasteiger partial charge in [0.2, 0.25) is 11.7 Å². The number of hydrogen-bond acceptors (Lipinski definition) is 5. The number of amides is 1. The third-order valence-corrected chi connectivity index (χ3v) is 6.50. The molecule has 4 rings (SSSR count). The molecule has 2 atom stereocenters. The number of aldehydes is 1. The Bertz CT molecular complexity index is 1220. The van der Waals surface area contributed by atoms with Crippen LogP contribution >= 0.6 is 0 Å². The van der Waals surface area contributed by atoms with Crippen molar-refractivity contribution < 1.29 is 18.9 Å². The highest BCUT2D eigenvalue weighted by molar-refractivity contribution is 5.94. The van der Waals surface area contributed by atoms with E-state index < -0.39 is 28.1 Å². The predicted molar refractivity (Wildman–Crippen MR) is 117 cm³/mol. The molecule has 3 aromatic rings. The van der Waals surface area contributed by atoms with Crippen LogP contribution < -0.4 is 0 Å². The quantitative estimate of drug-likeness (QED) is 0.362. The van der Waals surface area contributed by atoms with Gasteiger partial charge in [0.25, 0.3) is 0 Å². The van der Waals surface area contributed by atoms with E-state index in [0.717, 1.165) is 23.5 Å². The van der Waals surface area contributed by atoms with Crippen LogP contribution in [0.3, 0.4) is 0 Å². The molecule has 0 aliphatic carbocycles. The van der Waals surface area contributed by atoms with E-state index >= 15 is 0 Å². The standard InChI is InChI=1S/C23H23FN4O4/c1-14-4-6-15(7-5-14)11-23(13-29)26(2)19(22(30)27(23)3)10-16-12-25-18-9-8-17(24)21(20(16)18)28(31)32/h4-9,12-13,19,25H,10-11H2,1-3H3. The molecule has 0 bridgehead atoms. The van der Waals surface area contributed by atoms with Gasteiger partial charge in [-0.1, -0.05) is 29.8 Å². The molecule has 0 spiro atoms. The molecule has 1 aliphatic rings. The maximum atomic E-state index is 14.2. The average molecular weight is 438 g/mol. The van der Waals surface area contributed by atoms with Gasteiger partial charge in [-0.25, -0.2) is 0 Å². The van der Waals surface area contributed by atoms with Gasteiger partial charge < -0.3 is 9.88 Å². The van der Waals surface area contributed by atoms with Crippen LogP contribution in [0.4, 0.5) is 10.1 Å². The van der Waals surface area contributed by atoms with Crippen LogP contribution in [-0.2, 0) is 22.4 Å². The fraction of sp³-hybridized carbons (Fsp3) is 0.304. The number of halogens is 1. The summed E-state index contributed by atoms with van der Waals surface area (Å²) in [7, 11) is 3.28. The smallest absolute Gasteiger partial charge is 0.314 e. The number of nitro groups is 1. The Kier molecular flexibility index (Phi) is 5.29. The molecule has 2 unspecified atom stereocenters. The van der Waals surface area contributed by atoms with Gasteiger partial charge in [0.1, 0.15) is 0 Å². The van der Waals surface area contributed by atoms with Gasteiger partial charge in [0.15, 0.2) is 11.9 Å². The van der Waals surface area contributed by atoms with E-state index in [0.29, 0.717) is 17.5 Å². The zero-order valence-electron chi connectivity index (χ0n) is 18.0. The van der Waals surface area contributed by atoms with Crippen molar-refractivity contribution >= 4 is 28.8 Å². The van der Waals surface area contributed by atoms with Crippen LogP contribution in [0, 0.1) is 22.9 Å². The molecule has 1 aliphatic heterocycles. The van der Waals surface area contributed by atoms with Crippen LogP contribution in [0.25, 0.3) is 10.9 Å². The fourth-order valence-corrected chi connectivity index (χ4v) is 4.56. The van der Waals surface area contributed by atoms with Gasteiger partial charge >= 0.3 is 5.69 Å². The highest BCUT2D eigenvalue weighted by Crippen LogP contribution is 2.36. The number of aromatic amines is 1. The Hall–Kier alpha value is -3.59. The number of rotatable bonds is 6. The first-order valence-electron chi connectivity index (χ1n) is 10.1. The third-order valence-electron chi connectivity index (χ3n) is 6.50. The molecule has 0 saturated carbocycles. The Labute approximate surface area is 183 Å². The van der Waals surface area contributed by atoms with Crippen LogP contribution in [-0.4, -0.2) is 57.7 Å². The lowest BCUT2D eigenvalue weighted by Gasteiger charge is -2.36. The third kappa shape index (κ3) is 3.25. The molecular weight excluding hydrogens is 415 g/mol. The van der Waals surface area contributed by atoms with Crippen molar-refractivity contribution in [2.75, 3.05) is 14.1 Å². The maximum absolute atomic E-state index is 14.2. The molecule has 9 heteroatoms. The number of carbonyl (C=O) groups excluding carboxylic acids is 2. The van der Waals surface area contributed by atoms with Crippen molar-refractivity contribution in [2.24, 2.45) is 0 Å². The van der Waals surface area contributed by atoms with Crippen molar-refractivity contribution in [3.63, 3.8) is 0 Å².